The molecule has 5 nitrogen and oxygen atoms in total. The van der Waals surface area contributed by atoms with Crippen molar-refractivity contribution >= 4 is 5.97 Å². The van der Waals surface area contributed by atoms with Crippen LogP contribution in [0.1, 0.15) is 29.9 Å². The Labute approximate surface area is 100 Å². The van der Waals surface area contributed by atoms with E-state index in [2.05, 4.69) is 0 Å². The molecule has 1 heterocycles. The minimum atomic E-state index is -0.960. The highest BCUT2D eigenvalue weighted by Gasteiger charge is 2.17. The number of hydrogen-bond donors (Lipinski definition) is 3. The van der Waals surface area contributed by atoms with Gasteiger partial charge in [0, 0.05) is 11.9 Å². The molecule has 0 amide bonds. The van der Waals surface area contributed by atoms with E-state index in [0.717, 1.165) is 0 Å². The van der Waals surface area contributed by atoms with E-state index in [1.807, 2.05) is 13.8 Å². The van der Waals surface area contributed by atoms with Gasteiger partial charge in [0.2, 0.25) is 0 Å². The standard InChI is InChI=1S/C12H19NO4/c1-8(2)5-11-10(12(16)17)3-4-13(11)6-9(15)7-14/h3-4,8-9,14-15H,5-7H2,1-2H3,(H,16,17). The number of aromatic carboxylic acids is 1. The average Bonchev–Trinajstić information content (AvgIpc) is 2.60. The molecule has 0 bridgehead atoms. The Kier molecular flexibility index (Phi) is 4.72. The normalized spacial score (nSPS) is 13.0. The first-order valence-electron chi connectivity index (χ1n) is 5.66. The lowest BCUT2D eigenvalue weighted by molar-refractivity contribution is 0.0692. The molecule has 0 fully saturated rings. The van der Waals surface area contributed by atoms with Gasteiger partial charge < -0.3 is 19.9 Å². The minimum absolute atomic E-state index is 0.214. The topological polar surface area (TPSA) is 82.7 Å². The molecule has 0 spiro atoms. The summed E-state index contributed by atoms with van der Waals surface area (Å²) in [6.45, 7) is 3.89. The van der Waals surface area contributed by atoms with Crippen LogP contribution in [0.3, 0.4) is 0 Å². The van der Waals surface area contributed by atoms with E-state index in [1.165, 1.54) is 6.07 Å². The van der Waals surface area contributed by atoms with Crippen LogP contribution >= 0.6 is 0 Å². The first kappa shape index (κ1) is 13.7. The van der Waals surface area contributed by atoms with Crippen molar-refractivity contribution in [1.82, 2.24) is 4.57 Å². The third kappa shape index (κ3) is 3.57. The van der Waals surface area contributed by atoms with Crippen LogP contribution in [0.15, 0.2) is 12.3 Å². The third-order valence-electron chi connectivity index (χ3n) is 2.53. The highest BCUT2D eigenvalue weighted by atomic mass is 16.4. The highest BCUT2D eigenvalue weighted by Crippen LogP contribution is 2.16. The zero-order valence-corrected chi connectivity index (χ0v) is 10.1. The number of hydrogen-bond acceptors (Lipinski definition) is 3. The van der Waals surface area contributed by atoms with Crippen LogP contribution in [0.2, 0.25) is 0 Å². The number of aromatic nitrogens is 1. The summed E-state index contributed by atoms with van der Waals surface area (Å²) in [5.41, 5.74) is 0.962. The first-order chi connectivity index (χ1) is 7.95. The van der Waals surface area contributed by atoms with Gasteiger partial charge in [-0.15, -0.1) is 0 Å². The van der Waals surface area contributed by atoms with Gasteiger partial charge in [-0.05, 0) is 18.4 Å². The molecule has 3 N–H and O–H groups in total. The second-order valence-electron chi connectivity index (χ2n) is 4.57. The van der Waals surface area contributed by atoms with Crippen LogP contribution in [0, 0.1) is 5.92 Å². The Morgan fingerprint density at radius 3 is 2.59 bits per heavy atom. The molecule has 0 saturated heterocycles. The predicted octanol–water partition coefficient (Wildman–Crippen LogP) is 0.738. The van der Waals surface area contributed by atoms with E-state index < -0.39 is 12.1 Å². The van der Waals surface area contributed by atoms with Gasteiger partial charge in [-0.25, -0.2) is 4.79 Å². The lowest BCUT2D eigenvalue weighted by Gasteiger charge is -2.14. The van der Waals surface area contributed by atoms with Gasteiger partial charge in [0.1, 0.15) is 0 Å². The number of aliphatic hydroxyl groups excluding tert-OH is 2. The largest absolute Gasteiger partial charge is 0.478 e. The maximum absolute atomic E-state index is 11.0. The van der Waals surface area contributed by atoms with Crippen molar-refractivity contribution in [3.05, 3.63) is 23.5 Å². The fourth-order valence-corrected chi connectivity index (χ4v) is 1.77. The molecule has 1 aromatic rings. The smallest absolute Gasteiger partial charge is 0.337 e. The van der Waals surface area contributed by atoms with Gasteiger partial charge in [0.15, 0.2) is 0 Å². The van der Waals surface area contributed by atoms with Gasteiger partial charge in [0.05, 0.1) is 24.8 Å². The van der Waals surface area contributed by atoms with Crippen molar-refractivity contribution in [2.24, 2.45) is 5.92 Å². The number of carboxylic acids is 1. The summed E-state index contributed by atoms with van der Waals surface area (Å²) in [4.78, 5) is 11.0. The average molecular weight is 241 g/mol. The molecule has 1 unspecified atom stereocenters. The van der Waals surface area contributed by atoms with Crippen LogP contribution in [0.5, 0.6) is 0 Å². The van der Waals surface area contributed by atoms with E-state index in [4.69, 9.17) is 10.2 Å². The predicted molar refractivity (Wildman–Crippen MR) is 63.0 cm³/mol. The number of nitrogens with zero attached hydrogens (tertiary/aromatic N) is 1. The van der Waals surface area contributed by atoms with Crippen molar-refractivity contribution in [3.63, 3.8) is 0 Å². The summed E-state index contributed by atoms with van der Waals surface area (Å²) >= 11 is 0. The van der Waals surface area contributed by atoms with Crippen molar-refractivity contribution < 1.29 is 20.1 Å². The Morgan fingerprint density at radius 1 is 1.47 bits per heavy atom. The maximum Gasteiger partial charge on any atom is 0.337 e. The number of carbonyl (C=O) groups is 1. The van der Waals surface area contributed by atoms with Crippen molar-refractivity contribution in [3.8, 4) is 0 Å². The van der Waals surface area contributed by atoms with E-state index in [1.54, 1.807) is 10.8 Å². The quantitative estimate of drug-likeness (QED) is 0.686. The number of aliphatic hydroxyl groups is 2. The van der Waals surface area contributed by atoms with E-state index in [0.29, 0.717) is 18.0 Å². The summed E-state index contributed by atoms with van der Waals surface area (Å²) in [7, 11) is 0. The molecule has 1 atom stereocenters. The summed E-state index contributed by atoms with van der Waals surface area (Å²) in [6.07, 6.45) is 1.40. The Bertz CT molecular complexity index is 384. The van der Waals surface area contributed by atoms with Gasteiger partial charge >= 0.3 is 5.97 Å². The Morgan fingerprint density at radius 2 is 2.12 bits per heavy atom. The van der Waals surface area contributed by atoms with Crippen LogP contribution in [0.4, 0.5) is 0 Å². The van der Waals surface area contributed by atoms with Crippen LogP contribution in [-0.2, 0) is 13.0 Å². The van der Waals surface area contributed by atoms with Crippen molar-refractivity contribution in [1.29, 1.82) is 0 Å². The molecule has 1 aromatic heterocycles. The zero-order valence-electron chi connectivity index (χ0n) is 10.1. The lowest BCUT2D eigenvalue weighted by atomic mass is 10.0. The lowest BCUT2D eigenvalue weighted by Crippen LogP contribution is -2.21. The maximum atomic E-state index is 11.0. The molecule has 0 saturated carbocycles. The second-order valence-corrected chi connectivity index (χ2v) is 4.57. The second kappa shape index (κ2) is 5.84. The fourth-order valence-electron chi connectivity index (χ4n) is 1.77. The van der Waals surface area contributed by atoms with Gasteiger partial charge in [-0.1, -0.05) is 13.8 Å². The van der Waals surface area contributed by atoms with Gasteiger partial charge in [0.25, 0.3) is 0 Å². The van der Waals surface area contributed by atoms with Gasteiger partial charge in [-0.2, -0.15) is 0 Å². The molecule has 0 radical (unpaired) electrons. The van der Waals surface area contributed by atoms with Crippen LogP contribution in [0.25, 0.3) is 0 Å². The summed E-state index contributed by atoms with van der Waals surface area (Å²) in [5.74, 6) is -0.633. The fraction of sp³-hybridized carbons (Fsp3) is 0.583. The van der Waals surface area contributed by atoms with E-state index >= 15 is 0 Å². The van der Waals surface area contributed by atoms with Crippen LogP contribution < -0.4 is 0 Å². The van der Waals surface area contributed by atoms with E-state index in [9.17, 15) is 9.90 Å². The molecule has 17 heavy (non-hydrogen) atoms. The number of rotatable bonds is 6. The SMILES string of the molecule is CC(C)Cc1c(C(=O)O)ccn1CC(O)CO. The molecule has 5 heteroatoms. The molecule has 0 aliphatic rings. The molecule has 96 valence electrons. The minimum Gasteiger partial charge on any atom is -0.478 e. The molecule has 0 aliphatic heterocycles. The first-order valence-corrected chi connectivity index (χ1v) is 5.66. The molecule has 0 aromatic carbocycles. The van der Waals surface area contributed by atoms with Crippen molar-refractivity contribution in [2.45, 2.75) is 32.9 Å². The Balaban J connectivity index is 3.00. The summed E-state index contributed by atoms with van der Waals surface area (Å²) in [5, 5.41) is 27.3. The molecular formula is C12H19NO4. The van der Waals surface area contributed by atoms with Crippen LogP contribution in [-0.4, -0.2) is 38.6 Å². The number of carboxylic acid groups (broad SMARTS) is 1. The monoisotopic (exact) mass is 241 g/mol. The molecule has 1 rings (SSSR count). The summed E-state index contributed by atoms with van der Waals surface area (Å²) in [6, 6.07) is 1.53. The molecule has 0 aliphatic carbocycles. The molecular weight excluding hydrogens is 222 g/mol. The summed E-state index contributed by atoms with van der Waals surface area (Å²) < 4.78 is 1.70. The third-order valence-corrected chi connectivity index (χ3v) is 2.53. The highest BCUT2D eigenvalue weighted by molar-refractivity contribution is 5.89. The Hall–Kier alpha value is -1.33. The van der Waals surface area contributed by atoms with E-state index in [-0.39, 0.29) is 18.7 Å². The zero-order chi connectivity index (χ0) is 13.0. The van der Waals surface area contributed by atoms with Crippen molar-refractivity contribution in [2.75, 3.05) is 6.61 Å². The van der Waals surface area contributed by atoms with Gasteiger partial charge in [-0.3, -0.25) is 0 Å².